The van der Waals surface area contributed by atoms with Crippen LogP contribution in [0.1, 0.15) is 58.4 Å². The molecule has 0 atom stereocenters. The van der Waals surface area contributed by atoms with E-state index < -0.39 is 23.3 Å². The normalized spacial score (nSPS) is 13.8. The lowest BCUT2D eigenvalue weighted by molar-refractivity contribution is 0.0696. The zero-order valence-electron chi connectivity index (χ0n) is 21.1. The second-order valence-electron chi connectivity index (χ2n) is 9.30. The summed E-state index contributed by atoms with van der Waals surface area (Å²) < 4.78 is 14.1. The first-order valence-corrected chi connectivity index (χ1v) is 12.4. The molecule has 3 aromatic rings. The maximum Gasteiger partial charge on any atom is 0.335 e. The van der Waals surface area contributed by atoms with Gasteiger partial charge in [0, 0.05) is 37.3 Å². The van der Waals surface area contributed by atoms with Crippen molar-refractivity contribution < 1.29 is 24.2 Å². The van der Waals surface area contributed by atoms with Gasteiger partial charge in [-0.05, 0) is 54.8 Å². The van der Waals surface area contributed by atoms with Crippen LogP contribution in [0.3, 0.4) is 0 Å². The van der Waals surface area contributed by atoms with E-state index >= 15 is 0 Å². The third-order valence-electron chi connectivity index (χ3n) is 6.88. The van der Waals surface area contributed by atoms with Gasteiger partial charge in [-0.15, -0.1) is 12.4 Å². The minimum atomic E-state index is -1.10. The Balaban J connectivity index is 0.00000400. The van der Waals surface area contributed by atoms with Crippen LogP contribution < -0.4 is 16.2 Å². The SMILES string of the molecule is CNc1cc(F)cc2cc(C(=O)Nc3ccc(C(=O)O)cc3CN(CCO)C3CCCCC3)c(=O)[nH]c12.Cl. The number of rotatable bonds is 9. The largest absolute Gasteiger partial charge is 0.478 e. The van der Waals surface area contributed by atoms with Gasteiger partial charge in [0.15, 0.2) is 0 Å². The average molecular weight is 547 g/mol. The van der Waals surface area contributed by atoms with E-state index in [0.717, 1.165) is 25.7 Å². The Labute approximate surface area is 225 Å². The fraction of sp³-hybridized carbons (Fsp3) is 0.370. The number of carboxylic acid groups (broad SMARTS) is 1. The summed E-state index contributed by atoms with van der Waals surface area (Å²) in [6, 6.07) is 8.45. The molecule has 9 nitrogen and oxygen atoms in total. The van der Waals surface area contributed by atoms with Gasteiger partial charge in [0.1, 0.15) is 11.4 Å². The zero-order valence-corrected chi connectivity index (χ0v) is 21.9. The first-order chi connectivity index (χ1) is 17.8. The number of nitrogens with zero attached hydrogens (tertiary/aromatic N) is 1. The predicted molar refractivity (Wildman–Crippen MR) is 147 cm³/mol. The Bertz CT molecular complexity index is 1370. The fourth-order valence-corrected chi connectivity index (χ4v) is 5.00. The molecule has 1 saturated carbocycles. The van der Waals surface area contributed by atoms with Crippen molar-refractivity contribution in [3.05, 3.63) is 69.3 Å². The maximum atomic E-state index is 14.1. The number of hydrogen-bond donors (Lipinski definition) is 5. The Hall–Kier alpha value is -3.47. The number of carbonyl (C=O) groups excluding carboxylic acids is 1. The lowest BCUT2D eigenvalue weighted by atomic mass is 9.93. The highest BCUT2D eigenvalue weighted by Crippen LogP contribution is 2.27. The van der Waals surface area contributed by atoms with Gasteiger partial charge in [-0.25, -0.2) is 9.18 Å². The zero-order chi connectivity index (χ0) is 26.5. The Kier molecular flexibility index (Phi) is 9.84. The smallest absolute Gasteiger partial charge is 0.335 e. The number of pyridine rings is 1. The highest BCUT2D eigenvalue weighted by Gasteiger charge is 2.23. The van der Waals surface area contributed by atoms with Crippen LogP contribution in [0.2, 0.25) is 0 Å². The minimum Gasteiger partial charge on any atom is -0.478 e. The number of aromatic amines is 1. The van der Waals surface area contributed by atoms with Crippen LogP contribution in [0.4, 0.5) is 15.8 Å². The highest BCUT2D eigenvalue weighted by molar-refractivity contribution is 6.07. The molecule has 2 aromatic carbocycles. The van der Waals surface area contributed by atoms with E-state index in [1.54, 1.807) is 7.05 Å². The first kappa shape index (κ1) is 29.1. The molecular weight excluding hydrogens is 515 g/mol. The Morgan fingerprint density at radius 3 is 2.50 bits per heavy atom. The summed E-state index contributed by atoms with van der Waals surface area (Å²) in [4.78, 5) is 42.4. The summed E-state index contributed by atoms with van der Waals surface area (Å²) in [5.74, 6) is -2.32. The van der Waals surface area contributed by atoms with Crippen molar-refractivity contribution in [2.75, 3.05) is 30.8 Å². The van der Waals surface area contributed by atoms with Gasteiger partial charge in [0.2, 0.25) is 0 Å². The second kappa shape index (κ2) is 12.9. The van der Waals surface area contributed by atoms with Crippen LogP contribution in [0, 0.1) is 5.82 Å². The highest BCUT2D eigenvalue weighted by atomic mass is 35.5. The third-order valence-corrected chi connectivity index (χ3v) is 6.88. The molecule has 1 heterocycles. The van der Waals surface area contributed by atoms with Gasteiger partial charge >= 0.3 is 5.97 Å². The number of aliphatic hydroxyl groups excluding tert-OH is 1. The fourth-order valence-electron chi connectivity index (χ4n) is 5.00. The van der Waals surface area contributed by atoms with Gasteiger partial charge in [-0.1, -0.05) is 19.3 Å². The number of anilines is 2. The summed E-state index contributed by atoms with van der Waals surface area (Å²) >= 11 is 0. The van der Waals surface area contributed by atoms with Gasteiger partial charge in [0.25, 0.3) is 11.5 Å². The van der Waals surface area contributed by atoms with Gasteiger partial charge in [-0.3, -0.25) is 14.5 Å². The van der Waals surface area contributed by atoms with E-state index in [0.29, 0.717) is 40.9 Å². The molecule has 1 fully saturated rings. The standard InChI is InChI=1S/C27H31FN4O5.ClH/c1-29-23-14-19(28)12-17-13-21(26(35)31-24(17)23)25(34)30-22-8-7-16(27(36)37)11-18(22)15-32(9-10-33)20-5-3-2-4-6-20;/h7-8,11-14,20,29,33H,2-6,9-10,15H2,1H3,(H,30,34)(H,31,35)(H,36,37);1H. The predicted octanol–water partition coefficient (Wildman–Crippen LogP) is 4.21. The van der Waals surface area contributed by atoms with Crippen molar-refractivity contribution in [2.24, 2.45) is 0 Å². The number of fused-ring (bicyclic) bond motifs is 1. The Morgan fingerprint density at radius 1 is 1.11 bits per heavy atom. The van der Waals surface area contributed by atoms with Crippen molar-refractivity contribution in [3.8, 4) is 0 Å². The molecule has 4 rings (SSSR count). The maximum absolute atomic E-state index is 14.1. The molecule has 11 heteroatoms. The van der Waals surface area contributed by atoms with Crippen molar-refractivity contribution in [3.63, 3.8) is 0 Å². The number of aromatic carboxylic acids is 1. The molecule has 1 amide bonds. The van der Waals surface area contributed by atoms with Gasteiger partial charge in [-0.2, -0.15) is 0 Å². The average Bonchev–Trinajstić information content (AvgIpc) is 2.89. The molecule has 0 bridgehead atoms. The molecular formula is C27H32ClFN4O5. The molecule has 0 aliphatic heterocycles. The number of benzene rings is 2. The number of nitrogens with one attached hydrogen (secondary N) is 3. The number of halogens is 2. The lowest BCUT2D eigenvalue weighted by Crippen LogP contribution is -2.38. The molecule has 0 radical (unpaired) electrons. The summed E-state index contributed by atoms with van der Waals surface area (Å²) in [5.41, 5.74) is 0.922. The van der Waals surface area contributed by atoms with Gasteiger partial charge < -0.3 is 25.8 Å². The summed E-state index contributed by atoms with van der Waals surface area (Å²) in [6.07, 6.45) is 5.31. The molecule has 0 saturated heterocycles. The van der Waals surface area contributed by atoms with Crippen molar-refractivity contribution >= 4 is 46.6 Å². The van der Waals surface area contributed by atoms with Gasteiger partial charge in [0.05, 0.1) is 23.4 Å². The van der Waals surface area contributed by atoms with Crippen LogP contribution in [0.5, 0.6) is 0 Å². The van der Waals surface area contributed by atoms with Crippen LogP contribution in [-0.4, -0.2) is 58.2 Å². The summed E-state index contributed by atoms with van der Waals surface area (Å²) in [5, 5.41) is 25.1. The molecule has 1 aliphatic carbocycles. The number of carbonyl (C=O) groups is 2. The van der Waals surface area contributed by atoms with E-state index in [-0.39, 0.29) is 36.2 Å². The number of amides is 1. The minimum absolute atomic E-state index is 0. The monoisotopic (exact) mass is 546 g/mol. The molecule has 1 aliphatic rings. The quantitative estimate of drug-likeness (QED) is 0.271. The van der Waals surface area contributed by atoms with Crippen LogP contribution >= 0.6 is 12.4 Å². The number of hydrogen-bond acceptors (Lipinski definition) is 6. The van der Waals surface area contributed by atoms with E-state index in [4.69, 9.17) is 0 Å². The third kappa shape index (κ3) is 6.50. The van der Waals surface area contributed by atoms with E-state index in [9.17, 15) is 29.0 Å². The Morgan fingerprint density at radius 2 is 1.84 bits per heavy atom. The van der Waals surface area contributed by atoms with Crippen LogP contribution in [0.25, 0.3) is 10.9 Å². The van der Waals surface area contributed by atoms with Crippen molar-refractivity contribution in [1.29, 1.82) is 0 Å². The van der Waals surface area contributed by atoms with Crippen molar-refractivity contribution in [2.45, 2.75) is 44.7 Å². The van der Waals surface area contributed by atoms with Crippen LogP contribution in [0.15, 0.2) is 41.2 Å². The van der Waals surface area contributed by atoms with E-state index in [1.807, 2.05) is 0 Å². The molecule has 0 spiro atoms. The number of carboxylic acids is 1. The summed E-state index contributed by atoms with van der Waals surface area (Å²) in [6.45, 7) is 0.695. The second-order valence-corrected chi connectivity index (χ2v) is 9.30. The first-order valence-electron chi connectivity index (χ1n) is 12.4. The summed E-state index contributed by atoms with van der Waals surface area (Å²) in [7, 11) is 1.60. The number of H-pyrrole nitrogens is 1. The molecule has 38 heavy (non-hydrogen) atoms. The van der Waals surface area contributed by atoms with E-state index in [2.05, 4.69) is 20.5 Å². The number of aliphatic hydroxyl groups is 1. The number of aromatic nitrogens is 1. The molecule has 5 N–H and O–H groups in total. The van der Waals surface area contributed by atoms with Crippen LogP contribution in [-0.2, 0) is 6.54 Å². The lowest BCUT2D eigenvalue weighted by Gasteiger charge is -2.34. The topological polar surface area (TPSA) is 135 Å². The molecule has 0 unspecified atom stereocenters. The van der Waals surface area contributed by atoms with Crippen molar-refractivity contribution in [1.82, 2.24) is 9.88 Å². The van der Waals surface area contributed by atoms with E-state index in [1.165, 1.54) is 42.8 Å². The molecule has 1 aromatic heterocycles. The molecule has 204 valence electrons.